The van der Waals surface area contributed by atoms with Crippen molar-refractivity contribution in [1.29, 1.82) is 0 Å². The van der Waals surface area contributed by atoms with Crippen LogP contribution in [0.2, 0.25) is 0 Å². The van der Waals surface area contributed by atoms with Gasteiger partial charge in [0.1, 0.15) is 0 Å². The molecule has 0 spiro atoms. The summed E-state index contributed by atoms with van der Waals surface area (Å²) in [5.41, 5.74) is 3.03. The summed E-state index contributed by atoms with van der Waals surface area (Å²) in [6, 6.07) is 15.6. The van der Waals surface area contributed by atoms with Crippen LogP contribution in [0.3, 0.4) is 0 Å². The summed E-state index contributed by atoms with van der Waals surface area (Å²) in [6.07, 6.45) is 1.27. The smallest absolute Gasteiger partial charge is 0.255 e. The maximum atomic E-state index is 12.6. The molecule has 0 atom stereocenters. The zero-order valence-corrected chi connectivity index (χ0v) is 15.9. The highest BCUT2D eigenvalue weighted by Crippen LogP contribution is 2.17. The zero-order chi connectivity index (χ0) is 18.5. The summed E-state index contributed by atoms with van der Waals surface area (Å²) in [6.45, 7) is 4.37. The van der Waals surface area contributed by atoms with Crippen molar-refractivity contribution < 1.29 is 9.59 Å². The monoisotopic (exact) mass is 368 g/mol. The second-order valence-electron chi connectivity index (χ2n) is 6.68. The minimum Gasteiger partial charge on any atom is -0.339 e. The Hall–Kier alpha value is -2.27. The summed E-state index contributed by atoms with van der Waals surface area (Å²) in [4.78, 5) is 29.4. The maximum Gasteiger partial charge on any atom is 0.255 e. The van der Waals surface area contributed by atoms with E-state index >= 15 is 0 Å². The Bertz CT molecular complexity index is 781. The number of hydrogen-bond donors (Lipinski definition) is 1. The van der Waals surface area contributed by atoms with E-state index < -0.39 is 0 Å². The molecular formula is C21H24N2O2S. The van der Waals surface area contributed by atoms with Crippen LogP contribution in [0.25, 0.3) is 0 Å². The fraction of sp³-hybridized carbons (Fsp3) is 0.333. The number of nitrogens with zero attached hydrogens (tertiary/aromatic N) is 2. The molecule has 0 radical (unpaired) electrons. The third kappa shape index (κ3) is 4.47. The minimum atomic E-state index is -0.0117. The van der Waals surface area contributed by atoms with Crippen molar-refractivity contribution in [2.24, 2.45) is 0 Å². The largest absolute Gasteiger partial charge is 0.339 e. The summed E-state index contributed by atoms with van der Waals surface area (Å²) >= 11 is 4.36. The number of carbonyl (C=O) groups excluding carboxylic acids is 2. The molecule has 1 heterocycles. The van der Waals surface area contributed by atoms with Crippen LogP contribution in [-0.4, -0.2) is 47.8 Å². The van der Waals surface area contributed by atoms with Crippen molar-refractivity contribution in [3.8, 4) is 0 Å². The van der Waals surface area contributed by atoms with E-state index in [2.05, 4.69) is 43.8 Å². The quantitative estimate of drug-likeness (QED) is 0.842. The van der Waals surface area contributed by atoms with Gasteiger partial charge in [-0.05, 0) is 31.0 Å². The van der Waals surface area contributed by atoms with Crippen LogP contribution >= 0.6 is 12.6 Å². The molecule has 0 saturated carbocycles. The average molecular weight is 369 g/mol. The number of rotatable bonds is 4. The van der Waals surface area contributed by atoms with Gasteiger partial charge in [-0.15, -0.1) is 12.6 Å². The predicted octanol–water partition coefficient (Wildman–Crippen LogP) is 3.20. The van der Waals surface area contributed by atoms with Crippen molar-refractivity contribution >= 4 is 24.4 Å². The van der Waals surface area contributed by atoms with Gasteiger partial charge in [0, 0.05) is 37.5 Å². The number of hydrogen-bond acceptors (Lipinski definition) is 3. The highest BCUT2D eigenvalue weighted by molar-refractivity contribution is 7.80. The standard InChI is InChI=1S/C21H24N2O2S/c1-16-6-8-17(9-7-16)10-11-20(24)22-12-14-23(15-13-22)21(25)18-4-2-3-5-19(18)26/h2-9,26H,10-15H2,1H3. The van der Waals surface area contributed by atoms with Crippen LogP contribution in [0.1, 0.15) is 27.9 Å². The minimum absolute atomic E-state index is 0.0117. The lowest BCUT2D eigenvalue weighted by molar-refractivity contribution is -0.132. The highest BCUT2D eigenvalue weighted by Gasteiger charge is 2.25. The van der Waals surface area contributed by atoms with Gasteiger partial charge in [-0.1, -0.05) is 42.0 Å². The van der Waals surface area contributed by atoms with Crippen LogP contribution < -0.4 is 0 Å². The van der Waals surface area contributed by atoms with Gasteiger partial charge in [0.15, 0.2) is 0 Å². The Balaban J connectivity index is 1.50. The lowest BCUT2D eigenvalue weighted by Gasteiger charge is -2.35. The summed E-state index contributed by atoms with van der Waals surface area (Å²) in [7, 11) is 0. The van der Waals surface area contributed by atoms with Crippen LogP contribution in [0.5, 0.6) is 0 Å². The Kier molecular flexibility index (Phi) is 5.99. The van der Waals surface area contributed by atoms with Gasteiger partial charge in [0.2, 0.25) is 5.91 Å². The van der Waals surface area contributed by atoms with E-state index in [-0.39, 0.29) is 11.8 Å². The molecule has 1 fully saturated rings. The predicted molar refractivity (Wildman–Crippen MR) is 106 cm³/mol. The number of amides is 2. The van der Waals surface area contributed by atoms with Crippen molar-refractivity contribution in [3.05, 3.63) is 65.2 Å². The fourth-order valence-electron chi connectivity index (χ4n) is 3.15. The normalized spacial score (nSPS) is 14.4. The van der Waals surface area contributed by atoms with Crippen LogP contribution in [0.4, 0.5) is 0 Å². The van der Waals surface area contributed by atoms with E-state index in [9.17, 15) is 9.59 Å². The van der Waals surface area contributed by atoms with E-state index in [4.69, 9.17) is 0 Å². The van der Waals surface area contributed by atoms with E-state index in [0.717, 1.165) is 6.42 Å². The molecular weight excluding hydrogens is 344 g/mol. The number of benzene rings is 2. The lowest BCUT2D eigenvalue weighted by atomic mass is 10.1. The first kappa shape index (κ1) is 18.5. The first-order chi connectivity index (χ1) is 12.5. The Morgan fingerprint density at radius 3 is 2.19 bits per heavy atom. The first-order valence-electron chi connectivity index (χ1n) is 8.95. The molecule has 2 amide bonds. The van der Waals surface area contributed by atoms with Crippen LogP contribution in [-0.2, 0) is 11.2 Å². The number of thiol groups is 1. The van der Waals surface area contributed by atoms with Crippen molar-refractivity contribution in [2.75, 3.05) is 26.2 Å². The van der Waals surface area contributed by atoms with Gasteiger partial charge in [-0.3, -0.25) is 9.59 Å². The molecule has 5 heteroatoms. The third-order valence-electron chi connectivity index (χ3n) is 4.80. The molecule has 0 aliphatic carbocycles. The number of carbonyl (C=O) groups is 2. The Morgan fingerprint density at radius 1 is 0.923 bits per heavy atom. The second kappa shape index (κ2) is 8.41. The van der Waals surface area contributed by atoms with E-state index in [1.54, 1.807) is 11.0 Å². The molecule has 0 bridgehead atoms. The first-order valence-corrected chi connectivity index (χ1v) is 9.40. The zero-order valence-electron chi connectivity index (χ0n) is 15.0. The molecule has 1 saturated heterocycles. The van der Waals surface area contributed by atoms with Crippen molar-refractivity contribution in [3.63, 3.8) is 0 Å². The van der Waals surface area contributed by atoms with Crippen molar-refractivity contribution in [2.45, 2.75) is 24.7 Å². The van der Waals surface area contributed by atoms with Gasteiger partial charge >= 0.3 is 0 Å². The molecule has 3 rings (SSSR count). The van der Waals surface area contributed by atoms with Gasteiger partial charge in [-0.25, -0.2) is 0 Å². The maximum absolute atomic E-state index is 12.6. The Labute approximate surface area is 160 Å². The lowest BCUT2D eigenvalue weighted by Crippen LogP contribution is -2.50. The molecule has 0 N–H and O–H groups in total. The molecule has 2 aromatic rings. The van der Waals surface area contributed by atoms with Crippen LogP contribution in [0, 0.1) is 6.92 Å². The third-order valence-corrected chi connectivity index (χ3v) is 5.19. The van der Waals surface area contributed by atoms with Gasteiger partial charge in [-0.2, -0.15) is 0 Å². The van der Waals surface area contributed by atoms with E-state index in [1.165, 1.54) is 11.1 Å². The van der Waals surface area contributed by atoms with Crippen LogP contribution in [0.15, 0.2) is 53.4 Å². The summed E-state index contributed by atoms with van der Waals surface area (Å²) in [5, 5.41) is 0. The van der Waals surface area contributed by atoms with Crippen molar-refractivity contribution in [1.82, 2.24) is 9.80 Å². The summed E-state index contributed by atoms with van der Waals surface area (Å²) in [5.74, 6) is 0.148. The highest BCUT2D eigenvalue weighted by atomic mass is 32.1. The number of piperazine rings is 1. The summed E-state index contributed by atoms with van der Waals surface area (Å²) < 4.78 is 0. The molecule has 0 aromatic heterocycles. The molecule has 1 aliphatic rings. The van der Waals surface area contributed by atoms with Gasteiger partial charge in [0.05, 0.1) is 5.56 Å². The van der Waals surface area contributed by atoms with E-state index in [0.29, 0.717) is 43.1 Å². The molecule has 1 aliphatic heterocycles. The van der Waals surface area contributed by atoms with E-state index in [1.807, 2.05) is 23.1 Å². The van der Waals surface area contributed by atoms with Gasteiger partial charge < -0.3 is 9.80 Å². The molecule has 0 unspecified atom stereocenters. The molecule has 136 valence electrons. The second-order valence-corrected chi connectivity index (χ2v) is 7.16. The SMILES string of the molecule is Cc1ccc(CCC(=O)N2CCN(C(=O)c3ccccc3S)CC2)cc1. The number of aryl methyl sites for hydroxylation is 2. The molecule has 2 aromatic carbocycles. The Morgan fingerprint density at radius 2 is 1.54 bits per heavy atom. The topological polar surface area (TPSA) is 40.6 Å². The van der Waals surface area contributed by atoms with Gasteiger partial charge in [0.25, 0.3) is 5.91 Å². The fourth-order valence-corrected chi connectivity index (χ4v) is 3.40. The molecule has 26 heavy (non-hydrogen) atoms. The average Bonchev–Trinajstić information content (AvgIpc) is 2.67. The molecule has 4 nitrogen and oxygen atoms in total.